The van der Waals surface area contributed by atoms with Crippen molar-refractivity contribution < 1.29 is 26.7 Å². The first-order valence-corrected chi connectivity index (χ1v) is 9.04. The number of hydrogen-bond donors (Lipinski definition) is 2. The first-order chi connectivity index (χ1) is 11.6. The Kier molecular flexibility index (Phi) is 4.38. The number of fused-ring (bicyclic) bond motifs is 1. The topological polar surface area (TPSA) is 66.4 Å². The molecule has 0 aromatic heterocycles. The van der Waals surface area contributed by atoms with Crippen molar-refractivity contribution in [1.82, 2.24) is 4.72 Å². The predicted octanol–water partition coefficient (Wildman–Crippen LogP) is 2.51. The average Bonchev–Trinajstić information content (AvgIpc) is 2.89. The molecule has 0 saturated heterocycles. The van der Waals surface area contributed by atoms with Crippen LogP contribution in [0, 0.1) is 0 Å². The van der Waals surface area contributed by atoms with Gasteiger partial charge in [0.15, 0.2) is 0 Å². The Morgan fingerprint density at radius 3 is 2.20 bits per heavy atom. The van der Waals surface area contributed by atoms with Gasteiger partial charge < -0.3 is 5.11 Å². The van der Waals surface area contributed by atoms with Gasteiger partial charge in [-0.2, -0.15) is 13.2 Å². The van der Waals surface area contributed by atoms with Crippen LogP contribution in [0.2, 0.25) is 0 Å². The standard InChI is InChI=1S/C17H16F3NO3S/c18-17(19,20)14-6-3-7-15(8-14)25(23,24)21-11-16(22)9-12-4-1-2-5-13(12)10-16/h1-8,21-22H,9-11H2. The smallest absolute Gasteiger partial charge is 0.388 e. The lowest BCUT2D eigenvalue weighted by Gasteiger charge is -2.22. The van der Waals surface area contributed by atoms with E-state index in [4.69, 9.17) is 0 Å². The molecule has 0 saturated carbocycles. The first-order valence-electron chi connectivity index (χ1n) is 7.55. The van der Waals surface area contributed by atoms with Gasteiger partial charge in [0.25, 0.3) is 0 Å². The van der Waals surface area contributed by atoms with E-state index in [9.17, 15) is 26.7 Å². The molecule has 0 spiro atoms. The van der Waals surface area contributed by atoms with Crippen molar-refractivity contribution in [2.75, 3.05) is 6.54 Å². The van der Waals surface area contributed by atoms with Gasteiger partial charge in [-0.15, -0.1) is 0 Å². The molecule has 2 aromatic carbocycles. The van der Waals surface area contributed by atoms with Crippen molar-refractivity contribution >= 4 is 10.0 Å². The van der Waals surface area contributed by atoms with E-state index in [0.717, 1.165) is 29.3 Å². The van der Waals surface area contributed by atoms with Gasteiger partial charge in [-0.3, -0.25) is 0 Å². The molecule has 8 heteroatoms. The molecule has 0 amide bonds. The minimum absolute atomic E-state index is 0.278. The third-order valence-electron chi connectivity index (χ3n) is 4.22. The summed E-state index contributed by atoms with van der Waals surface area (Å²) in [5, 5.41) is 10.6. The lowest BCUT2D eigenvalue weighted by Crippen LogP contribution is -2.43. The Balaban J connectivity index is 1.75. The lowest BCUT2D eigenvalue weighted by atomic mass is 10.0. The summed E-state index contributed by atoms with van der Waals surface area (Å²) in [6.07, 6.45) is -4.06. The van der Waals surface area contributed by atoms with E-state index >= 15 is 0 Å². The zero-order valence-electron chi connectivity index (χ0n) is 13.0. The van der Waals surface area contributed by atoms with Crippen LogP contribution in [0.5, 0.6) is 0 Å². The van der Waals surface area contributed by atoms with E-state index in [0.29, 0.717) is 6.07 Å². The van der Waals surface area contributed by atoms with Gasteiger partial charge in [-0.05, 0) is 29.3 Å². The number of nitrogens with one attached hydrogen (secondary N) is 1. The maximum absolute atomic E-state index is 12.7. The van der Waals surface area contributed by atoms with E-state index in [1.54, 1.807) is 0 Å². The molecular formula is C17H16F3NO3S. The fourth-order valence-corrected chi connectivity index (χ4v) is 4.12. The maximum Gasteiger partial charge on any atom is 0.416 e. The van der Waals surface area contributed by atoms with Crippen molar-refractivity contribution in [2.24, 2.45) is 0 Å². The molecule has 134 valence electrons. The summed E-state index contributed by atoms with van der Waals surface area (Å²) < 4.78 is 65.0. The molecule has 1 aliphatic carbocycles. The SMILES string of the molecule is O=S(=O)(NCC1(O)Cc2ccccc2C1)c1cccc(C(F)(F)F)c1. The van der Waals surface area contributed by atoms with Gasteiger partial charge in [0, 0.05) is 19.4 Å². The molecule has 25 heavy (non-hydrogen) atoms. The fourth-order valence-electron chi connectivity index (χ4n) is 2.95. The normalized spacial score (nSPS) is 16.6. The van der Waals surface area contributed by atoms with Gasteiger partial charge in [0.1, 0.15) is 0 Å². The van der Waals surface area contributed by atoms with E-state index in [1.807, 2.05) is 24.3 Å². The minimum Gasteiger partial charge on any atom is -0.388 e. The van der Waals surface area contributed by atoms with Crippen LogP contribution in [-0.4, -0.2) is 25.7 Å². The highest BCUT2D eigenvalue weighted by atomic mass is 32.2. The van der Waals surface area contributed by atoms with Crippen molar-refractivity contribution in [3.63, 3.8) is 0 Å². The van der Waals surface area contributed by atoms with Gasteiger partial charge in [0.2, 0.25) is 10.0 Å². The lowest BCUT2D eigenvalue weighted by molar-refractivity contribution is -0.137. The molecule has 4 nitrogen and oxygen atoms in total. The third-order valence-corrected chi connectivity index (χ3v) is 5.62. The molecule has 2 N–H and O–H groups in total. The van der Waals surface area contributed by atoms with Crippen LogP contribution in [-0.2, 0) is 29.0 Å². The van der Waals surface area contributed by atoms with Crippen LogP contribution < -0.4 is 4.72 Å². The third kappa shape index (κ3) is 3.86. The van der Waals surface area contributed by atoms with Crippen LogP contribution in [0.4, 0.5) is 13.2 Å². The first kappa shape index (κ1) is 17.9. The summed E-state index contributed by atoms with van der Waals surface area (Å²) in [4.78, 5) is -0.485. The molecule has 1 aliphatic rings. The molecule has 0 aliphatic heterocycles. The summed E-state index contributed by atoms with van der Waals surface area (Å²) in [6, 6.07) is 10.9. The highest BCUT2D eigenvalue weighted by molar-refractivity contribution is 7.89. The Hall–Kier alpha value is -1.90. The van der Waals surface area contributed by atoms with Gasteiger partial charge in [0.05, 0.1) is 16.1 Å². The zero-order valence-corrected chi connectivity index (χ0v) is 13.9. The number of aliphatic hydroxyl groups is 1. The molecule has 0 unspecified atom stereocenters. The Labute approximate surface area is 143 Å². The Morgan fingerprint density at radius 1 is 1.04 bits per heavy atom. The van der Waals surface area contributed by atoms with Crippen molar-refractivity contribution in [2.45, 2.75) is 29.5 Å². The summed E-state index contributed by atoms with van der Waals surface area (Å²) in [6.45, 7) is -0.278. The van der Waals surface area contributed by atoms with Crippen LogP contribution in [0.15, 0.2) is 53.4 Å². The van der Waals surface area contributed by atoms with Gasteiger partial charge >= 0.3 is 6.18 Å². The molecule has 0 atom stereocenters. The Bertz CT molecular complexity index is 869. The maximum atomic E-state index is 12.7. The van der Waals surface area contributed by atoms with E-state index in [-0.39, 0.29) is 19.4 Å². The van der Waals surface area contributed by atoms with E-state index < -0.39 is 32.3 Å². The van der Waals surface area contributed by atoms with Crippen LogP contribution in [0.25, 0.3) is 0 Å². The van der Waals surface area contributed by atoms with Gasteiger partial charge in [-0.1, -0.05) is 30.3 Å². The average molecular weight is 371 g/mol. The van der Waals surface area contributed by atoms with Crippen molar-refractivity contribution in [3.05, 3.63) is 65.2 Å². The highest BCUT2D eigenvalue weighted by Crippen LogP contribution is 2.31. The summed E-state index contributed by atoms with van der Waals surface area (Å²) in [5.41, 5.74) is -0.466. The molecule has 0 bridgehead atoms. The second kappa shape index (κ2) is 6.12. The van der Waals surface area contributed by atoms with E-state index in [1.165, 1.54) is 0 Å². The number of halogens is 3. The zero-order chi connectivity index (χ0) is 18.3. The predicted molar refractivity (Wildman–Crippen MR) is 85.4 cm³/mol. The molecular weight excluding hydrogens is 355 g/mol. The molecule has 2 aromatic rings. The van der Waals surface area contributed by atoms with Crippen LogP contribution >= 0.6 is 0 Å². The second-order valence-electron chi connectivity index (χ2n) is 6.20. The number of rotatable bonds is 4. The molecule has 0 radical (unpaired) electrons. The van der Waals surface area contributed by atoms with Crippen LogP contribution in [0.1, 0.15) is 16.7 Å². The summed E-state index contributed by atoms with van der Waals surface area (Å²) in [7, 11) is -4.17. The summed E-state index contributed by atoms with van der Waals surface area (Å²) >= 11 is 0. The molecule has 3 rings (SSSR count). The monoisotopic (exact) mass is 371 g/mol. The molecule has 0 fully saturated rings. The quantitative estimate of drug-likeness (QED) is 0.868. The van der Waals surface area contributed by atoms with E-state index in [2.05, 4.69) is 4.72 Å². The fraction of sp³-hybridized carbons (Fsp3) is 0.294. The largest absolute Gasteiger partial charge is 0.416 e. The highest BCUT2D eigenvalue weighted by Gasteiger charge is 2.36. The number of benzene rings is 2. The number of sulfonamides is 1. The second-order valence-corrected chi connectivity index (χ2v) is 7.96. The Morgan fingerprint density at radius 2 is 1.64 bits per heavy atom. The van der Waals surface area contributed by atoms with Crippen molar-refractivity contribution in [3.8, 4) is 0 Å². The minimum atomic E-state index is -4.63. The summed E-state index contributed by atoms with van der Waals surface area (Å²) in [5.74, 6) is 0. The molecule has 0 heterocycles. The number of hydrogen-bond acceptors (Lipinski definition) is 3. The van der Waals surface area contributed by atoms with Gasteiger partial charge in [-0.25, -0.2) is 13.1 Å². The van der Waals surface area contributed by atoms with Crippen molar-refractivity contribution in [1.29, 1.82) is 0 Å². The number of alkyl halides is 3. The van der Waals surface area contributed by atoms with Crippen LogP contribution in [0.3, 0.4) is 0 Å².